The van der Waals surface area contributed by atoms with Gasteiger partial charge < -0.3 is 4.74 Å². The van der Waals surface area contributed by atoms with Crippen molar-refractivity contribution in [1.29, 1.82) is 0 Å². The number of nitrogens with zero attached hydrogens (tertiary/aromatic N) is 2. The van der Waals surface area contributed by atoms with Crippen molar-refractivity contribution in [3.63, 3.8) is 0 Å². The van der Waals surface area contributed by atoms with E-state index in [9.17, 15) is 0 Å². The van der Waals surface area contributed by atoms with Gasteiger partial charge in [0.1, 0.15) is 17.2 Å². The van der Waals surface area contributed by atoms with Crippen molar-refractivity contribution in [3.8, 4) is 11.6 Å². The molecule has 0 unspecified atom stereocenters. The Morgan fingerprint density at radius 2 is 1.81 bits per heavy atom. The predicted molar refractivity (Wildman–Crippen MR) is 63.0 cm³/mol. The van der Waals surface area contributed by atoms with Crippen LogP contribution in [-0.2, 0) is 0 Å². The zero-order valence-electron chi connectivity index (χ0n) is 9.07. The molecule has 0 saturated carbocycles. The Balaban J connectivity index is 2.34. The molecule has 0 aliphatic rings. The summed E-state index contributed by atoms with van der Waals surface area (Å²) in [6.45, 7) is 3.98. The van der Waals surface area contributed by atoms with E-state index in [2.05, 4.69) is 9.97 Å². The van der Waals surface area contributed by atoms with E-state index >= 15 is 0 Å². The van der Waals surface area contributed by atoms with Gasteiger partial charge in [0.2, 0.25) is 5.88 Å². The lowest BCUT2D eigenvalue weighted by molar-refractivity contribution is 0.454. The summed E-state index contributed by atoms with van der Waals surface area (Å²) >= 11 is 5.76. The number of halogens is 1. The highest BCUT2D eigenvalue weighted by molar-refractivity contribution is 6.29. The molecule has 0 spiro atoms. The number of rotatable bonds is 2. The zero-order chi connectivity index (χ0) is 11.5. The molecule has 0 radical (unpaired) electrons. The van der Waals surface area contributed by atoms with Crippen LogP contribution in [0.4, 0.5) is 0 Å². The van der Waals surface area contributed by atoms with E-state index in [0.717, 1.165) is 16.9 Å². The Kier molecular flexibility index (Phi) is 3.06. The van der Waals surface area contributed by atoms with E-state index in [1.54, 1.807) is 6.07 Å². The number of aryl methyl sites for hydroxylation is 2. The first-order valence-corrected chi connectivity index (χ1v) is 5.26. The third kappa shape index (κ3) is 2.31. The Morgan fingerprint density at radius 1 is 1.12 bits per heavy atom. The minimum atomic E-state index is 0.372. The van der Waals surface area contributed by atoms with Gasteiger partial charge in [-0.25, -0.2) is 9.97 Å². The topological polar surface area (TPSA) is 35.0 Å². The first-order chi connectivity index (χ1) is 7.66. The van der Waals surface area contributed by atoms with Crippen LogP contribution < -0.4 is 4.74 Å². The summed E-state index contributed by atoms with van der Waals surface area (Å²) in [5.74, 6) is 1.27. The summed E-state index contributed by atoms with van der Waals surface area (Å²) in [5, 5.41) is 0.372. The minimum absolute atomic E-state index is 0.372. The van der Waals surface area contributed by atoms with Gasteiger partial charge in [0, 0.05) is 6.07 Å². The molecule has 0 atom stereocenters. The van der Waals surface area contributed by atoms with Gasteiger partial charge in [-0.15, -0.1) is 0 Å². The van der Waals surface area contributed by atoms with Crippen molar-refractivity contribution < 1.29 is 4.74 Å². The number of benzene rings is 1. The molecule has 16 heavy (non-hydrogen) atoms. The fourth-order valence-electron chi connectivity index (χ4n) is 1.44. The quantitative estimate of drug-likeness (QED) is 0.746. The van der Waals surface area contributed by atoms with Crippen LogP contribution in [0.1, 0.15) is 11.1 Å². The molecule has 1 aromatic carbocycles. The lowest BCUT2D eigenvalue weighted by atomic mass is 10.1. The Bertz CT molecular complexity index is 494. The summed E-state index contributed by atoms with van der Waals surface area (Å²) < 4.78 is 5.69. The smallest absolute Gasteiger partial charge is 0.223 e. The number of hydrogen-bond donors (Lipinski definition) is 0. The van der Waals surface area contributed by atoms with Crippen molar-refractivity contribution in [3.05, 3.63) is 46.9 Å². The summed E-state index contributed by atoms with van der Waals surface area (Å²) in [6, 6.07) is 7.56. The molecule has 0 aliphatic carbocycles. The van der Waals surface area contributed by atoms with E-state index < -0.39 is 0 Å². The van der Waals surface area contributed by atoms with Crippen LogP contribution in [0.2, 0.25) is 5.15 Å². The molecule has 0 bridgehead atoms. The molecule has 82 valence electrons. The van der Waals surface area contributed by atoms with Gasteiger partial charge in [0.15, 0.2) is 0 Å². The Morgan fingerprint density at radius 3 is 2.44 bits per heavy atom. The lowest BCUT2D eigenvalue weighted by Gasteiger charge is -2.10. The van der Waals surface area contributed by atoms with Crippen LogP contribution in [0.15, 0.2) is 30.6 Å². The molecular formula is C12H11ClN2O. The molecular weight excluding hydrogens is 224 g/mol. The Labute approximate surface area is 99.1 Å². The third-order valence-electron chi connectivity index (χ3n) is 2.22. The van der Waals surface area contributed by atoms with Crippen molar-refractivity contribution in [1.82, 2.24) is 9.97 Å². The average Bonchev–Trinajstić information content (AvgIpc) is 2.24. The van der Waals surface area contributed by atoms with Crippen LogP contribution in [0.3, 0.4) is 0 Å². The second kappa shape index (κ2) is 4.49. The fourth-order valence-corrected chi connectivity index (χ4v) is 1.57. The predicted octanol–water partition coefficient (Wildman–Crippen LogP) is 3.54. The summed E-state index contributed by atoms with van der Waals surface area (Å²) in [5.41, 5.74) is 2.13. The Hall–Kier alpha value is -1.61. The minimum Gasteiger partial charge on any atom is -0.438 e. The maximum atomic E-state index is 5.76. The normalized spacial score (nSPS) is 10.2. The van der Waals surface area contributed by atoms with Crippen LogP contribution in [0.25, 0.3) is 0 Å². The lowest BCUT2D eigenvalue weighted by Crippen LogP contribution is -1.93. The van der Waals surface area contributed by atoms with E-state index in [4.69, 9.17) is 16.3 Å². The second-order valence-electron chi connectivity index (χ2n) is 3.50. The highest BCUT2D eigenvalue weighted by Crippen LogP contribution is 2.27. The number of hydrogen-bond acceptors (Lipinski definition) is 3. The molecule has 0 N–H and O–H groups in total. The zero-order valence-corrected chi connectivity index (χ0v) is 9.82. The van der Waals surface area contributed by atoms with Crippen molar-refractivity contribution >= 4 is 11.6 Å². The second-order valence-corrected chi connectivity index (χ2v) is 3.89. The standard InChI is InChI=1S/C12H11ClN2O/c1-8-4-3-5-9(2)12(8)16-11-6-10(13)14-7-15-11/h3-7H,1-2H3. The van der Waals surface area contributed by atoms with E-state index in [1.165, 1.54) is 6.33 Å². The van der Waals surface area contributed by atoms with Gasteiger partial charge in [0.25, 0.3) is 0 Å². The molecule has 0 fully saturated rings. The first-order valence-electron chi connectivity index (χ1n) is 4.88. The van der Waals surface area contributed by atoms with Gasteiger partial charge in [0.05, 0.1) is 0 Å². The van der Waals surface area contributed by atoms with Crippen LogP contribution >= 0.6 is 11.6 Å². The van der Waals surface area contributed by atoms with Gasteiger partial charge in [-0.3, -0.25) is 0 Å². The summed E-state index contributed by atoms with van der Waals surface area (Å²) in [7, 11) is 0. The van der Waals surface area contributed by atoms with Gasteiger partial charge in [-0.05, 0) is 25.0 Å². The molecule has 2 aromatic rings. The van der Waals surface area contributed by atoms with Crippen LogP contribution in [0.5, 0.6) is 11.6 Å². The third-order valence-corrected chi connectivity index (χ3v) is 2.43. The summed E-state index contributed by atoms with van der Waals surface area (Å²) in [4.78, 5) is 7.80. The largest absolute Gasteiger partial charge is 0.438 e. The maximum absolute atomic E-state index is 5.76. The van der Waals surface area contributed by atoms with E-state index in [-0.39, 0.29) is 0 Å². The monoisotopic (exact) mass is 234 g/mol. The number of aromatic nitrogens is 2. The van der Waals surface area contributed by atoms with E-state index in [0.29, 0.717) is 11.0 Å². The van der Waals surface area contributed by atoms with Gasteiger partial charge >= 0.3 is 0 Å². The van der Waals surface area contributed by atoms with Crippen LogP contribution in [-0.4, -0.2) is 9.97 Å². The number of ether oxygens (including phenoxy) is 1. The van der Waals surface area contributed by atoms with Crippen molar-refractivity contribution in [2.75, 3.05) is 0 Å². The molecule has 2 rings (SSSR count). The first kappa shape index (κ1) is 10.9. The molecule has 1 aromatic heterocycles. The molecule has 3 nitrogen and oxygen atoms in total. The molecule has 4 heteroatoms. The van der Waals surface area contributed by atoms with Gasteiger partial charge in [-0.1, -0.05) is 29.8 Å². The average molecular weight is 235 g/mol. The summed E-state index contributed by atoms with van der Waals surface area (Å²) in [6.07, 6.45) is 1.38. The molecule has 0 amide bonds. The molecule has 0 saturated heterocycles. The maximum Gasteiger partial charge on any atom is 0.223 e. The van der Waals surface area contributed by atoms with Gasteiger partial charge in [-0.2, -0.15) is 0 Å². The number of para-hydroxylation sites is 1. The molecule has 0 aliphatic heterocycles. The molecule has 1 heterocycles. The highest BCUT2D eigenvalue weighted by atomic mass is 35.5. The highest BCUT2D eigenvalue weighted by Gasteiger charge is 2.06. The fraction of sp³-hybridized carbons (Fsp3) is 0.167. The van der Waals surface area contributed by atoms with Crippen molar-refractivity contribution in [2.45, 2.75) is 13.8 Å². The van der Waals surface area contributed by atoms with Crippen LogP contribution in [0, 0.1) is 13.8 Å². The van der Waals surface area contributed by atoms with E-state index in [1.807, 2.05) is 32.0 Å². The van der Waals surface area contributed by atoms with Crippen molar-refractivity contribution in [2.24, 2.45) is 0 Å². The SMILES string of the molecule is Cc1cccc(C)c1Oc1cc(Cl)ncn1.